The minimum absolute atomic E-state index is 0.0160. The molecule has 0 amide bonds. The summed E-state index contributed by atoms with van der Waals surface area (Å²) in [5, 5.41) is 31.3. The lowest BCUT2D eigenvalue weighted by atomic mass is 9.77. The molecule has 2 saturated carbocycles. The monoisotopic (exact) mass is 939 g/mol. The molecule has 0 saturated heterocycles. The van der Waals surface area contributed by atoms with E-state index in [0.717, 1.165) is 42.2 Å². The SMILES string of the molecule is CCCCc1ccc(Nc2cc(Oc3ccc(C4CCC(CCC)CC4)cc3)c(O)c3c2C(=O)c2c(O)c(Oc4ccc(C5CCC(CCC)CC5)cc4)cc(Nc4ccc(C)cc4C)c2C3=O)cc1. The molecule has 2 fully saturated rings. The van der Waals surface area contributed by atoms with Crippen LogP contribution in [0.25, 0.3) is 0 Å². The molecule has 0 heterocycles. The molecule has 6 aromatic carbocycles. The highest BCUT2D eigenvalue weighted by Crippen LogP contribution is 2.51. The largest absolute Gasteiger partial charge is 0.504 e. The lowest BCUT2D eigenvalue weighted by molar-refractivity contribution is 0.0974. The van der Waals surface area contributed by atoms with Gasteiger partial charge in [0.1, 0.15) is 11.5 Å². The van der Waals surface area contributed by atoms with E-state index in [1.807, 2.05) is 80.6 Å². The Kier molecular flexibility index (Phi) is 15.0. The molecular formula is C62H70N2O6. The number of fused-ring (bicyclic) bond motifs is 2. The van der Waals surface area contributed by atoms with E-state index in [0.29, 0.717) is 34.7 Å². The smallest absolute Gasteiger partial charge is 0.200 e. The van der Waals surface area contributed by atoms with Crippen molar-refractivity contribution >= 4 is 34.3 Å². The summed E-state index contributed by atoms with van der Waals surface area (Å²) in [5.74, 6) is 1.39. The van der Waals surface area contributed by atoms with Crippen molar-refractivity contribution in [3.8, 4) is 34.5 Å². The molecule has 8 heteroatoms. The summed E-state index contributed by atoms with van der Waals surface area (Å²) >= 11 is 0. The lowest BCUT2D eigenvalue weighted by Gasteiger charge is -2.29. The lowest BCUT2D eigenvalue weighted by Crippen LogP contribution is -2.24. The van der Waals surface area contributed by atoms with Crippen molar-refractivity contribution < 1.29 is 29.3 Å². The number of hydrogen-bond acceptors (Lipinski definition) is 8. The minimum Gasteiger partial charge on any atom is -0.504 e. The number of phenolic OH excluding ortho intramolecular Hbond substituents is 2. The maximum atomic E-state index is 15.3. The maximum Gasteiger partial charge on any atom is 0.200 e. The molecule has 6 aromatic rings. The van der Waals surface area contributed by atoms with Gasteiger partial charge in [0.25, 0.3) is 0 Å². The van der Waals surface area contributed by atoms with Crippen LogP contribution < -0.4 is 20.1 Å². The summed E-state index contributed by atoms with van der Waals surface area (Å²) in [5.41, 5.74) is 7.01. The van der Waals surface area contributed by atoms with Crippen LogP contribution in [0.15, 0.2) is 103 Å². The van der Waals surface area contributed by atoms with Crippen LogP contribution >= 0.6 is 0 Å². The molecule has 364 valence electrons. The van der Waals surface area contributed by atoms with Gasteiger partial charge in [0.2, 0.25) is 11.6 Å². The summed E-state index contributed by atoms with van der Waals surface area (Å²) in [7, 11) is 0. The Bertz CT molecular complexity index is 2820. The molecular weight excluding hydrogens is 869 g/mol. The number of carbonyl (C=O) groups excluding carboxylic acids is 2. The van der Waals surface area contributed by atoms with E-state index in [9.17, 15) is 10.2 Å². The molecule has 4 N–H and O–H groups in total. The Hall–Kier alpha value is -6.54. The average Bonchev–Trinajstić information content (AvgIpc) is 3.36. The second kappa shape index (κ2) is 21.6. The number of benzene rings is 6. The Balaban J connectivity index is 1.10. The predicted octanol–water partition coefficient (Wildman–Crippen LogP) is 17.1. The quantitative estimate of drug-likeness (QED) is 0.0667. The van der Waals surface area contributed by atoms with Gasteiger partial charge in [-0.1, -0.05) is 107 Å². The molecule has 0 aromatic heterocycles. The fraction of sp³-hybridized carbons (Fsp3) is 0.387. The van der Waals surface area contributed by atoms with E-state index in [1.165, 1.54) is 93.7 Å². The van der Waals surface area contributed by atoms with Crippen LogP contribution in [-0.4, -0.2) is 21.8 Å². The Morgan fingerprint density at radius 3 is 1.43 bits per heavy atom. The average molecular weight is 939 g/mol. The standard InChI is InChI=1S/C62H70N2O6/c1-6-9-12-42-18-28-47(29-19-42)63-51-36-53(69-48-30-24-45(25-31-48)43-20-14-40(10-7-2)15-21-43)59(65)57-55(51)61(67)58-56(62(57)68)52(64-50-34-13-38(4)35-39(50)5)37-54(60(58)66)70-49-32-26-46(27-33-49)44-22-16-41(11-8-3)17-23-44/h13,18-19,24-37,40-41,43-44,63-66H,6-12,14-17,20-23H2,1-5H3. The first-order valence-corrected chi connectivity index (χ1v) is 26.2. The number of carbonyl (C=O) groups is 2. The molecule has 0 unspecified atom stereocenters. The van der Waals surface area contributed by atoms with Gasteiger partial charge in [-0.05, 0) is 166 Å². The van der Waals surface area contributed by atoms with Crippen molar-refractivity contribution in [3.63, 3.8) is 0 Å². The van der Waals surface area contributed by atoms with Gasteiger partial charge in [-0.15, -0.1) is 0 Å². The Morgan fingerprint density at radius 2 is 0.986 bits per heavy atom. The molecule has 0 radical (unpaired) electrons. The second-order valence-corrected chi connectivity index (χ2v) is 20.4. The molecule has 0 spiro atoms. The highest BCUT2D eigenvalue weighted by molar-refractivity contribution is 6.34. The van der Waals surface area contributed by atoms with Crippen LogP contribution in [0, 0.1) is 25.7 Å². The van der Waals surface area contributed by atoms with E-state index >= 15 is 9.59 Å². The summed E-state index contributed by atoms with van der Waals surface area (Å²) in [6.07, 6.45) is 17.8. The molecule has 8 nitrogen and oxygen atoms in total. The van der Waals surface area contributed by atoms with Crippen LogP contribution in [0.4, 0.5) is 22.7 Å². The number of unbranched alkanes of at least 4 members (excludes halogenated alkanes) is 1. The van der Waals surface area contributed by atoms with Crippen molar-refractivity contribution in [2.75, 3.05) is 10.6 Å². The zero-order valence-corrected chi connectivity index (χ0v) is 41.8. The number of aryl methyl sites for hydroxylation is 3. The Morgan fingerprint density at radius 1 is 0.514 bits per heavy atom. The number of ether oxygens (including phenoxy) is 2. The van der Waals surface area contributed by atoms with Gasteiger partial charge in [0, 0.05) is 23.5 Å². The van der Waals surface area contributed by atoms with E-state index in [1.54, 1.807) is 12.1 Å². The van der Waals surface area contributed by atoms with Gasteiger partial charge in [-0.2, -0.15) is 0 Å². The molecule has 9 rings (SSSR count). The summed E-state index contributed by atoms with van der Waals surface area (Å²) in [6.45, 7) is 10.7. The Labute approximate surface area is 414 Å². The van der Waals surface area contributed by atoms with Gasteiger partial charge in [-0.25, -0.2) is 0 Å². The summed E-state index contributed by atoms with van der Waals surface area (Å²) in [6, 6.07) is 33.1. The van der Waals surface area contributed by atoms with Crippen molar-refractivity contribution in [2.45, 2.75) is 143 Å². The van der Waals surface area contributed by atoms with Crippen LogP contribution in [-0.2, 0) is 6.42 Å². The van der Waals surface area contributed by atoms with Gasteiger partial charge in [0.05, 0.1) is 33.6 Å². The highest BCUT2D eigenvalue weighted by atomic mass is 16.5. The van der Waals surface area contributed by atoms with Gasteiger partial charge >= 0.3 is 0 Å². The number of nitrogens with one attached hydrogen (secondary N) is 2. The predicted molar refractivity (Wildman–Crippen MR) is 283 cm³/mol. The molecule has 3 aliphatic rings. The molecule has 3 aliphatic carbocycles. The molecule has 0 aliphatic heterocycles. The molecule has 0 bridgehead atoms. The normalized spacial score (nSPS) is 18.8. The van der Waals surface area contributed by atoms with Gasteiger partial charge < -0.3 is 30.3 Å². The third kappa shape index (κ3) is 10.5. The van der Waals surface area contributed by atoms with Crippen LogP contribution in [0.1, 0.15) is 182 Å². The second-order valence-electron chi connectivity index (χ2n) is 20.4. The van der Waals surface area contributed by atoms with Crippen molar-refractivity contribution in [3.05, 3.63) is 153 Å². The van der Waals surface area contributed by atoms with Crippen LogP contribution in [0.3, 0.4) is 0 Å². The first-order valence-electron chi connectivity index (χ1n) is 26.2. The first-order chi connectivity index (χ1) is 34.0. The van der Waals surface area contributed by atoms with E-state index in [4.69, 9.17) is 9.47 Å². The number of aromatic hydroxyl groups is 2. The van der Waals surface area contributed by atoms with Crippen molar-refractivity contribution in [1.82, 2.24) is 0 Å². The molecule has 0 atom stereocenters. The zero-order valence-electron chi connectivity index (χ0n) is 41.8. The third-order valence-corrected chi connectivity index (χ3v) is 15.4. The number of hydrogen-bond donors (Lipinski definition) is 4. The molecule has 70 heavy (non-hydrogen) atoms. The maximum absolute atomic E-state index is 15.3. The van der Waals surface area contributed by atoms with Crippen molar-refractivity contribution in [1.29, 1.82) is 0 Å². The van der Waals surface area contributed by atoms with E-state index < -0.39 is 23.1 Å². The zero-order chi connectivity index (χ0) is 48.9. The van der Waals surface area contributed by atoms with E-state index in [2.05, 4.69) is 55.7 Å². The van der Waals surface area contributed by atoms with Gasteiger partial charge in [0.15, 0.2) is 23.0 Å². The highest BCUT2D eigenvalue weighted by Gasteiger charge is 2.41. The minimum atomic E-state index is -0.647. The third-order valence-electron chi connectivity index (χ3n) is 15.4. The number of rotatable bonds is 17. The van der Waals surface area contributed by atoms with Crippen LogP contribution in [0.2, 0.25) is 0 Å². The summed E-state index contributed by atoms with van der Waals surface area (Å²) in [4.78, 5) is 30.7. The van der Waals surface area contributed by atoms with Gasteiger partial charge in [-0.3, -0.25) is 9.59 Å². The van der Waals surface area contributed by atoms with E-state index in [-0.39, 0.29) is 45.1 Å². The summed E-state index contributed by atoms with van der Waals surface area (Å²) < 4.78 is 12.9. The number of ketones is 2. The number of anilines is 4. The fourth-order valence-corrected chi connectivity index (χ4v) is 11.5. The van der Waals surface area contributed by atoms with Crippen molar-refractivity contribution in [2.24, 2.45) is 11.8 Å². The fourth-order valence-electron chi connectivity index (χ4n) is 11.5. The number of phenols is 2. The first kappa shape index (κ1) is 48.5. The van der Waals surface area contributed by atoms with Crippen LogP contribution in [0.5, 0.6) is 34.5 Å². The topological polar surface area (TPSA) is 117 Å².